The van der Waals surface area contributed by atoms with E-state index in [1.807, 2.05) is 6.08 Å². The van der Waals surface area contributed by atoms with Crippen molar-refractivity contribution in [1.29, 1.82) is 5.26 Å². The number of Topliss-reactive ketones (excluding diaryl/α,β-unsaturated/α-hetero) is 1. The Bertz CT molecular complexity index is 719. The monoisotopic (exact) mass is 355 g/mol. The summed E-state index contributed by atoms with van der Waals surface area (Å²) in [6.45, 7) is 4.09. The first kappa shape index (κ1) is 17.9. The number of hydrogen-bond acceptors (Lipinski definition) is 4. The summed E-state index contributed by atoms with van der Waals surface area (Å²) >= 11 is 0. The van der Waals surface area contributed by atoms with Crippen LogP contribution in [0.4, 0.5) is 0 Å². The van der Waals surface area contributed by atoms with Crippen LogP contribution >= 0.6 is 0 Å². The van der Waals surface area contributed by atoms with Gasteiger partial charge in [0.15, 0.2) is 11.6 Å². The van der Waals surface area contributed by atoms with Gasteiger partial charge in [-0.05, 0) is 73.2 Å². The SMILES string of the molecule is C[C@]12CC[C@H]3[C@@H](CCC4=CC(=O)CC[C@@]43C)[C@@H]1CC(C#N)[C@@H]2C(=O)CO. The van der Waals surface area contributed by atoms with Crippen LogP contribution in [0.3, 0.4) is 0 Å². The predicted molar refractivity (Wildman–Crippen MR) is 96.8 cm³/mol. The maximum atomic E-state index is 12.5. The lowest BCUT2D eigenvalue weighted by Gasteiger charge is -2.58. The van der Waals surface area contributed by atoms with Crippen LogP contribution in [0.2, 0.25) is 0 Å². The van der Waals surface area contributed by atoms with Crippen molar-refractivity contribution in [2.45, 2.75) is 58.8 Å². The molecule has 3 saturated carbocycles. The summed E-state index contributed by atoms with van der Waals surface area (Å²) in [5.74, 6) is 0.999. The van der Waals surface area contributed by atoms with Crippen molar-refractivity contribution in [3.8, 4) is 6.07 Å². The highest BCUT2D eigenvalue weighted by atomic mass is 16.3. The third kappa shape index (κ3) is 2.29. The maximum absolute atomic E-state index is 12.5. The Hall–Kier alpha value is -1.47. The van der Waals surface area contributed by atoms with Gasteiger partial charge in [0.05, 0.1) is 12.0 Å². The Balaban J connectivity index is 1.69. The minimum absolute atomic E-state index is 0.110. The smallest absolute Gasteiger partial charge is 0.163 e. The van der Waals surface area contributed by atoms with E-state index in [-0.39, 0.29) is 34.2 Å². The minimum atomic E-state index is -0.452. The van der Waals surface area contributed by atoms with Gasteiger partial charge in [0, 0.05) is 12.3 Å². The number of fused-ring (bicyclic) bond motifs is 5. The number of allylic oxidation sites excluding steroid dienone is 1. The Morgan fingerprint density at radius 3 is 2.73 bits per heavy atom. The number of nitriles is 1. The summed E-state index contributed by atoms with van der Waals surface area (Å²) in [7, 11) is 0. The van der Waals surface area contributed by atoms with E-state index >= 15 is 0 Å². The number of hydrogen-bond donors (Lipinski definition) is 1. The molecule has 0 radical (unpaired) electrons. The summed E-state index contributed by atoms with van der Waals surface area (Å²) in [5, 5.41) is 19.1. The van der Waals surface area contributed by atoms with Gasteiger partial charge in [-0.1, -0.05) is 19.4 Å². The van der Waals surface area contributed by atoms with Crippen molar-refractivity contribution >= 4 is 11.6 Å². The van der Waals surface area contributed by atoms with E-state index in [1.54, 1.807) is 0 Å². The van der Waals surface area contributed by atoms with Gasteiger partial charge in [-0.2, -0.15) is 5.26 Å². The molecule has 0 aromatic carbocycles. The molecule has 7 atom stereocenters. The highest BCUT2D eigenvalue weighted by Crippen LogP contribution is 2.67. The molecular formula is C22H29NO3. The number of aliphatic hydroxyl groups is 1. The highest BCUT2D eigenvalue weighted by Gasteiger charge is 2.62. The average molecular weight is 355 g/mol. The zero-order valence-corrected chi connectivity index (χ0v) is 15.8. The molecule has 4 aliphatic carbocycles. The third-order valence-electron chi connectivity index (χ3n) is 8.69. The lowest BCUT2D eigenvalue weighted by atomic mass is 9.46. The second-order valence-corrected chi connectivity index (χ2v) is 9.59. The van der Waals surface area contributed by atoms with Gasteiger partial charge in [0.2, 0.25) is 0 Å². The van der Waals surface area contributed by atoms with Crippen LogP contribution in [-0.2, 0) is 9.59 Å². The Morgan fingerprint density at radius 2 is 2.04 bits per heavy atom. The number of nitrogens with zero attached hydrogens (tertiary/aromatic N) is 1. The van der Waals surface area contributed by atoms with Gasteiger partial charge < -0.3 is 5.11 Å². The second-order valence-electron chi connectivity index (χ2n) is 9.59. The number of ketones is 2. The van der Waals surface area contributed by atoms with E-state index in [2.05, 4.69) is 19.9 Å². The summed E-state index contributed by atoms with van der Waals surface area (Å²) in [5.41, 5.74) is 1.29. The molecule has 4 aliphatic rings. The predicted octanol–water partition coefficient (Wildman–Crippen LogP) is 3.45. The fourth-order valence-corrected chi connectivity index (χ4v) is 7.42. The van der Waals surface area contributed by atoms with Crippen LogP contribution in [-0.4, -0.2) is 23.3 Å². The van der Waals surface area contributed by atoms with Crippen LogP contribution in [0.15, 0.2) is 11.6 Å². The molecule has 4 heteroatoms. The van der Waals surface area contributed by atoms with Gasteiger partial charge in [0.25, 0.3) is 0 Å². The molecule has 0 heterocycles. The highest BCUT2D eigenvalue weighted by molar-refractivity contribution is 5.91. The molecule has 1 unspecified atom stereocenters. The normalized spacial score (nSPS) is 47.2. The first-order chi connectivity index (χ1) is 12.3. The second kappa shape index (κ2) is 6.02. The van der Waals surface area contributed by atoms with Crippen molar-refractivity contribution < 1.29 is 14.7 Å². The molecule has 0 aromatic rings. The third-order valence-corrected chi connectivity index (χ3v) is 8.69. The van der Waals surface area contributed by atoms with Crippen LogP contribution in [0.25, 0.3) is 0 Å². The molecule has 0 aliphatic heterocycles. The molecular weight excluding hydrogens is 326 g/mol. The number of carbonyl (C=O) groups is 2. The minimum Gasteiger partial charge on any atom is -0.389 e. The molecule has 4 nitrogen and oxygen atoms in total. The topological polar surface area (TPSA) is 78.2 Å². The van der Waals surface area contributed by atoms with Crippen LogP contribution < -0.4 is 0 Å². The van der Waals surface area contributed by atoms with E-state index < -0.39 is 6.61 Å². The van der Waals surface area contributed by atoms with Gasteiger partial charge in [0.1, 0.15) is 6.61 Å². The molecule has 140 valence electrons. The van der Waals surface area contributed by atoms with Gasteiger partial charge in [-0.3, -0.25) is 9.59 Å². The zero-order valence-electron chi connectivity index (χ0n) is 15.8. The number of aliphatic hydroxyl groups excluding tert-OH is 1. The van der Waals surface area contributed by atoms with E-state index in [4.69, 9.17) is 0 Å². The molecule has 1 N–H and O–H groups in total. The lowest BCUT2D eigenvalue weighted by Crippen LogP contribution is -2.51. The van der Waals surface area contributed by atoms with Crippen molar-refractivity contribution in [2.24, 2.45) is 40.4 Å². The molecule has 4 rings (SSSR count). The van der Waals surface area contributed by atoms with E-state index in [1.165, 1.54) is 5.57 Å². The fourth-order valence-electron chi connectivity index (χ4n) is 7.42. The van der Waals surface area contributed by atoms with Crippen molar-refractivity contribution in [3.05, 3.63) is 11.6 Å². The summed E-state index contributed by atoms with van der Waals surface area (Å²) in [6, 6.07) is 2.39. The number of rotatable bonds is 2. The molecule has 0 amide bonds. The molecule has 26 heavy (non-hydrogen) atoms. The van der Waals surface area contributed by atoms with Gasteiger partial charge >= 0.3 is 0 Å². The zero-order chi connectivity index (χ0) is 18.7. The Morgan fingerprint density at radius 1 is 1.27 bits per heavy atom. The summed E-state index contributed by atoms with van der Waals surface area (Å²) in [4.78, 5) is 24.4. The molecule has 0 spiro atoms. The lowest BCUT2D eigenvalue weighted by molar-refractivity contribution is -0.134. The Labute approximate surface area is 155 Å². The largest absolute Gasteiger partial charge is 0.389 e. The van der Waals surface area contributed by atoms with E-state index in [0.29, 0.717) is 24.2 Å². The van der Waals surface area contributed by atoms with Crippen LogP contribution in [0.5, 0.6) is 0 Å². The Kier molecular flexibility index (Phi) is 4.15. The van der Waals surface area contributed by atoms with E-state index in [0.717, 1.165) is 38.5 Å². The van der Waals surface area contributed by atoms with E-state index in [9.17, 15) is 20.0 Å². The standard InChI is InChI=1S/C22H29NO3/c1-21-7-5-15(25)10-14(21)3-4-16-17(21)6-8-22(2)18(16)9-13(11-23)20(22)19(26)12-24/h10,13,16-18,20,24H,3-9,12H2,1-2H3/t13?,16-,17+,18+,20-,21+,22+/m1/s1. The van der Waals surface area contributed by atoms with Crippen LogP contribution in [0, 0.1) is 51.8 Å². The number of carbonyl (C=O) groups excluding carboxylic acids is 2. The molecule has 0 saturated heterocycles. The van der Waals surface area contributed by atoms with Crippen molar-refractivity contribution in [1.82, 2.24) is 0 Å². The summed E-state index contributed by atoms with van der Waals surface area (Å²) < 4.78 is 0. The first-order valence-corrected chi connectivity index (χ1v) is 10.1. The molecule has 0 aromatic heterocycles. The van der Waals surface area contributed by atoms with Gasteiger partial charge in [-0.15, -0.1) is 0 Å². The average Bonchev–Trinajstić information content (AvgIpc) is 2.94. The molecule has 3 fully saturated rings. The molecule has 0 bridgehead atoms. The first-order valence-electron chi connectivity index (χ1n) is 10.1. The van der Waals surface area contributed by atoms with Crippen molar-refractivity contribution in [3.63, 3.8) is 0 Å². The quantitative estimate of drug-likeness (QED) is 0.823. The maximum Gasteiger partial charge on any atom is 0.163 e. The fraction of sp³-hybridized carbons (Fsp3) is 0.773. The van der Waals surface area contributed by atoms with Crippen molar-refractivity contribution in [2.75, 3.05) is 6.61 Å². The summed E-state index contributed by atoms with van der Waals surface area (Å²) in [6.07, 6.45) is 8.36. The van der Waals surface area contributed by atoms with Crippen LogP contribution in [0.1, 0.15) is 58.8 Å². The van der Waals surface area contributed by atoms with Gasteiger partial charge in [-0.25, -0.2) is 0 Å².